The number of nitriles is 1. The number of methoxy groups -OCH3 is 1. The van der Waals surface area contributed by atoms with E-state index in [1.165, 1.54) is 0 Å². The summed E-state index contributed by atoms with van der Waals surface area (Å²) in [6.07, 6.45) is 2.98. The van der Waals surface area contributed by atoms with Crippen LogP contribution < -0.4 is 5.32 Å². The molecule has 0 saturated heterocycles. The van der Waals surface area contributed by atoms with Crippen molar-refractivity contribution in [2.75, 3.05) is 7.11 Å². The summed E-state index contributed by atoms with van der Waals surface area (Å²) >= 11 is 0. The largest absolute Gasteiger partial charge is 0.381 e. The van der Waals surface area contributed by atoms with Crippen LogP contribution in [0.1, 0.15) is 33.1 Å². The fourth-order valence-electron chi connectivity index (χ4n) is 1.70. The van der Waals surface area contributed by atoms with Gasteiger partial charge in [0.25, 0.3) is 0 Å². The third-order valence-electron chi connectivity index (χ3n) is 2.83. The molecule has 0 bridgehead atoms. The van der Waals surface area contributed by atoms with Crippen LogP contribution in [0.3, 0.4) is 0 Å². The molecule has 1 aliphatic rings. The molecular weight excluding hydrogens is 164 g/mol. The van der Waals surface area contributed by atoms with Crippen LogP contribution in [0, 0.1) is 11.3 Å². The monoisotopic (exact) mass is 182 g/mol. The predicted molar refractivity (Wildman–Crippen MR) is 51.3 cm³/mol. The lowest BCUT2D eigenvalue weighted by atomic mass is 9.75. The summed E-state index contributed by atoms with van der Waals surface area (Å²) in [5.41, 5.74) is -0.309. The van der Waals surface area contributed by atoms with Gasteiger partial charge in [0.1, 0.15) is 5.54 Å². The maximum absolute atomic E-state index is 9.03. The highest BCUT2D eigenvalue weighted by atomic mass is 16.5. The first-order valence-corrected chi connectivity index (χ1v) is 4.87. The van der Waals surface area contributed by atoms with Gasteiger partial charge in [-0.3, -0.25) is 5.32 Å². The first kappa shape index (κ1) is 10.5. The molecule has 1 N–H and O–H groups in total. The van der Waals surface area contributed by atoms with Crippen molar-refractivity contribution in [2.24, 2.45) is 0 Å². The van der Waals surface area contributed by atoms with Crippen LogP contribution >= 0.6 is 0 Å². The SMILES string of the molecule is CCC(C)NC1(C#N)CC(OC)C1. The van der Waals surface area contributed by atoms with E-state index in [4.69, 9.17) is 10.00 Å². The van der Waals surface area contributed by atoms with Crippen LogP contribution in [0.2, 0.25) is 0 Å². The molecule has 0 aromatic carbocycles. The lowest BCUT2D eigenvalue weighted by molar-refractivity contribution is -0.0111. The Morgan fingerprint density at radius 2 is 2.31 bits per heavy atom. The average Bonchev–Trinajstić information content (AvgIpc) is 2.10. The molecule has 74 valence electrons. The van der Waals surface area contributed by atoms with Gasteiger partial charge in [-0.25, -0.2) is 0 Å². The van der Waals surface area contributed by atoms with E-state index in [9.17, 15) is 0 Å². The Bertz CT molecular complexity index is 203. The van der Waals surface area contributed by atoms with E-state index in [0.29, 0.717) is 6.04 Å². The van der Waals surface area contributed by atoms with Gasteiger partial charge >= 0.3 is 0 Å². The smallest absolute Gasteiger partial charge is 0.111 e. The molecular formula is C10H18N2O. The van der Waals surface area contributed by atoms with E-state index in [2.05, 4.69) is 25.2 Å². The zero-order chi connectivity index (χ0) is 9.90. The molecule has 13 heavy (non-hydrogen) atoms. The van der Waals surface area contributed by atoms with Crippen molar-refractivity contribution in [2.45, 2.75) is 50.8 Å². The average molecular weight is 182 g/mol. The second kappa shape index (κ2) is 4.08. The third kappa shape index (κ3) is 2.20. The maximum Gasteiger partial charge on any atom is 0.111 e. The van der Waals surface area contributed by atoms with Crippen molar-refractivity contribution >= 4 is 0 Å². The fraction of sp³-hybridized carbons (Fsp3) is 0.900. The summed E-state index contributed by atoms with van der Waals surface area (Å²) in [5.74, 6) is 0. The summed E-state index contributed by atoms with van der Waals surface area (Å²) in [6, 6.07) is 2.77. The van der Waals surface area contributed by atoms with Gasteiger partial charge < -0.3 is 4.74 Å². The minimum Gasteiger partial charge on any atom is -0.381 e. The summed E-state index contributed by atoms with van der Waals surface area (Å²) in [6.45, 7) is 4.23. The van der Waals surface area contributed by atoms with Gasteiger partial charge in [-0.2, -0.15) is 5.26 Å². The maximum atomic E-state index is 9.03. The van der Waals surface area contributed by atoms with Crippen molar-refractivity contribution in [1.82, 2.24) is 5.32 Å². The molecule has 1 rings (SSSR count). The van der Waals surface area contributed by atoms with Crippen molar-refractivity contribution < 1.29 is 4.74 Å². The van der Waals surface area contributed by atoms with E-state index in [0.717, 1.165) is 19.3 Å². The van der Waals surface area contributed by atoms with Crippen LogP contribution in [0.4, 0.5) is 0 Å². The van der Waals surface area contributed by atoms with Crippen LogP contribution in [0.15, 0.2) is 0 Å². The van der Waals surface area contributed by atoms with Gasteiger partial charge in [-0.1, -0.05) is 6.92 Å². The molecule has 0 heterocycles. The van der Waals surface area contributed by atoms with Crippen molar-refractivity contribution in [3.63, 3.8) is 0 Å². The second-order valence-electron chi connectivity index (χ2n) is 3.91. The molecule has 0 aliphatic heterocycles. The molecule has 3 nitrogen and oxygen atoms in total. The normalized spacial score (nSPS) is 34.8. The quantitative estimate of drug-likeness (QED) is 0.715. The standard InChI is InChI=1S/C10H18N2O/c1-4-8(2)12-10(7-11)5-9(6-10)13-3/h8-9,12H,4-6H2,1-3H3. The number of ether oxygens (including phenoxy) is 1. The summed E-state index contributed by atoms with van der Waals surface area (Å²) in [4.78, 5) is 0. The number of nitrogens with zero attached hydrogens (tertiary/aromatic N) is 1. The Morgan fingerprint density at radius 3 is 2.69 bits per heavy atom. The van der Waals surface area contributed by atoms with Gasteiger partial charge in [-0.15, -0.1) is 0 Å². The van der Waals surface area contributed by atoms with Gasteiger partial charge in [0.05, 0.1) is 12.2 Å². The van der Waals surface area contributed by atoms with Crippen LogP contribution in [0.25, 0.3) is 0 Å². The van der Waals surface area contributed by atoms with Gasteiger partial charge in [0, 0.05) is 26.0 Å². The molecule has 0 aromatic heterocycles. The molecule has 3 heteroatoms. The molecule has 0 radical (unpaired) electrons. The molecule has 1 unspecified atom stereocenters. The van der Waals surface area contributed by atoms with Crippen molar-refractivity contribution in [1.29, 1.82) is 5.26 Å². The van der Waals surface area contributed by atoms with Crippen LogP contribution in [-0.2, 0) is 4.74 Å². The highest BCUT2D eigenvalue weighted by Gasteiger charge is 2.45. The first-order chi connectivity index (χ1) is 6.15. The van der Waals surface area contributed by atoms with E-state index in [-0.39, 0.29) is 11.6 Å². The van der Waals surface area contributed by atoms with Gasteiger partial charge in [0.15, 0.2) is 0 Å². The Morgan fingerprint density at radius 1 is 1.69 bits per heavy atom. The van der Waals surface area contributed by atoms with Crippen molar-refractivity contribution in [3.05, 3.63) is 0 Å². The Hall–Kier alpha value is -0.590. The fourth-order valence-corrected chi connectivity index (χ4v) is 1.70. The summed E-state index contributed by atoms with van der Waals surface area (Å²) in [5, 5.41) is 12.4. The predicted octanol–water partition coefficient (Wildman–Crippen LogP) is 1.45. The number of hydrogen-bond acceptors (Lipinski definition) is 3. The Balaban J connectivity index is 2.42. The Kier molecular flexibility index (Phi) is 3.29. The summed E-state index contributed by atoms with van der Waals surface area (Å²) in [7, 11) is 1.70. The van der Waals surface area contributed by atoms with Gasteiger partial charge in [-0.05, 0) is 13.3 Å². The first-order valence-electron chi connectivity index (χ1n) is 4.87. The zero-order valence-corrected chi connectivity index (χ0v) is 8.63. The topological polar surface area (TPSA) is 45.0 Å². The lowest BCUT2D eigenvalue weighted by Gasteiger charge is -2.43. The summed E-state index contributed by atoms with van der Waals surface area (Å²) < 4.78 is 5.17. The molecule has 0 spiro atoms. The highest BCUT2D eigenvalue weighted by molar-refractivity contribution is 5.16. The number of nitrogens with one attached hydrogen (secondary N) is 1. The number of hydrogen-bond donors (Lipinski definition) is 1. The zero-order valence-electron chi connectivity index (χ0n) is 8.63. The molecule has 1 aliphatic carbocycles. The van der Waals surface area contributed by atoms with E-state index in [1.54, 1.807) is 7.11 Å². The molecule has 1 fully saturated rings. The minimum atomic E-state index is -0.309. The molecule has 0 aromatic rings. The highest BCUT2D eigenvalue weighted by Crippen LogP contribution is 2.34. The van der Waals surface area contributed by atoms with Crippen LogP contribution in [0.5, 0.6) is 0 Å². The minimum absolute atomic E-state index is 0.274. The van der Waals surface area contributed by atoms with E-state index >= 15 is 0 Å². The number of rotatable bonds is 4. The molecule has 0 amide bonds. The lowest BCUT2D eigenvalue weighted by Crippen LogP contribution is -2.59. The second-order valence-corrected chi connectivity index (χ2v) is 3.91. The van der Waals surface area contributed by atoms with E-state index in [1.807, 2.05) is 0 Å². The third-order valence-corrected chi connectivity index (χ3v) is 2.83. The molecule has 1 saturated carbocycles. The van der Waals surface area contributed by atoms with Crippen molar-refractivity contribution in [3.8, 4) is 6.07 Å². The van der Waals surface area contributed by atoms with Gasteiger partial charge in [0.2, 0.25) is 0 Å². The van der Waals surface area contributed by atoms with E-state index < -0.39 is 0 Å². The Labute approximate surface area is 80.1 Å². The van der Waals surface area contributed by atoms with Crippen LogP contribution in [-0.4, -0.2) is 24.8 Å². The molecule has 1 atom stereocenters.